The standard InChI is InChI=1S/C21H24N2O4/c1-14-4-7-17(8-5-14)18(22-15(2)24)11-21(25)23(3)12-16-6-9-19-20(10-16)27-13-26-19/h4-10,18H,11-13H2,1-3H3,(H,22,24). The van der Waals surface area contributed by atoms with E-state index >= 15 is 0 Å². The van der Waals surface area contributed by atoms with Gasteiger partial charge in [-0.1, -0.05) is 35.9 Å². The Morgan fingerprint density at radius 1 is 1.11 bits per heavy atom. The van der Waals surface area contributed by atoms with Gasteiger partial charge in [0, 0.05) is 20.5 Å². The highest BCUT2D eigenvalue weighted by atomic mass is 16.7. The monoisotopic (exact) mass is 368 g/mol. The SMILES string of the molecule is CC(=O)NC(CC(=O)N(C)Cc1ccc2c(c1)OCO2)c1ccc(C)cc1. The summed E-state index contributed by atoms with van der Waals surface area (Å²) in [5, 5.41) is 2.88. The molecule has 0 fully saturated rings. The van der Waals surface area contributed by atoms with Gasteiger partial charge in [0.2, 0.25) is 18.6 Å². The molecule has 2 amide bonds. The number of fused-ring (bicyclic) bond motifs is 1. The van der Waals surface area contributed by atoms with Gasteiger partial charge in [0.05, 0.1) is 12.5 Å². The van der Waals surface area contributed by atoms with Gasteiger partial charge >= 0.3 is 0 Å². The summed E-state index contributed by atoms with van der Waals surface area (Å²) in [6.07, 6.45) is 0.198. The molecule has 2 aromatic carbocycles. The van der Waals surface area contributed by atoms with Crippen LogP contribution in [-0.4, -0.2) is 30.6 Å². The van der Waals surface area contributed by atoms with Crippen molar-refractivity contribution >= 4 is 11.8 Å². The average Bonchev–Trinajstić information content (AvgIpc) is 3.09. The van der Waals surface area contributed by atoms with Gasteiger partial charge in [0.15, 0.2) is 11.5 Å². The Morgan fingerprint density at radius 2 is 1.81 bits per heavy atom. The summed E-state index contributed by atoms with van der Waals surface area (Å²) in [4.78, 5) is 26.0. The van der Waals surface area contributed by atoms with E-state index < -0.39 is 0 Å². The van der Waals surface area contributed by atoms with Gasteiger partial charge < -0.3 is 19.7 Å². The van der Waals surface area contributed by atoms with Crippen LogP contribution in [0, 0.1) is 6.92 Å². The molecule has 2 aromatic rings. The number of amides is 2. The molecular formula is C21H24N2O4. The largest absolute Gasteiger partial charge is 0.454 e. The number of aryl methyl sites for hydroxylation is 1. The average molecular weight is 368 g/mol. The lowest BCUT2D eigenvalue weighted by Gasteiger charge is -2.23. The smallest absolute Gasteiger partial charge is 0.231 e. The lowest BCUT2D eigenvalue weighted by Crippen LogP contribution is -2.33. The highest BCUT2D eigenvalue weighted by Gasteiger charge is 2.20. The van der Waals surface area contributed by atoms with E-state index in [1.807, 2.05) is 49.4 Å². The van der Waals surface area contributed by atoms with Gasteiger partial charge in [-0.3, -0.25) is 9.59 Å². The van der Waals surface area contributed by atoms with Crippen LogP contribution in [0.2, 0.25) is 0 Å². The third kappa shape index (κ3) is 4.78. The van der Waals surface area contributed by atoms with Crippen LogP contribution in [0.3, 0.4) is 0 Å². The first-order valence-corrected chi connectivity index (χ1v) is 8.88. The molecule has 0 spiro atoms. The van der Waals surface area contributed by atoms with E-state index in [1.165, 1.54) is 6.92 Å². The topological polar surface area (TPSA) is 67.9 Å². The number of nitrogens with one attached hydrogen (secondary N) is 1. The Bertz CT molecular complexity index is 833. The van der Waals surface area contributed by atoms with E-state index in [0.717, 1.165) is 22.4 Å². The molecule has 6 heteroatoms. The summed E-state index contributed by atoms with van der Waals surface area (Å²) in [5.74, 6) is 1.21. The highest BCUT2D eigenvalue weighted by molar-refractivity contribution is 5.79. The van der Waals surface area contributed by atoms with Crippen molar-refractivity contribution < 1.29 is 19.1 Å². The molecule has 0 aromatic heterocycles. The van der Waals surface area contributed by atoms with Crippen LogP contribution >= 0.6 is 0 Å². The molecule has 1 unspecified atom stereocenters. The van der Waals surface area contributed by atoms with Crippen molar-refractivity contribution in [3.05, 3.63) is 59.2 Å². The fourth-order valence-electron chi connectivity index (χ4n) is 3.03. The number of carbonyl (C=O) groups is 2. The predicted octanol–water partition coefficient (Wildman–Crippen LogP) is 2.95. The highest BCUT2D eigenvalue weighted by Crippen LogP contribution is 2.32. The third-order valence-electron chi connectivity index (χ3n) is 4.52. The van der Waals surface area contributed by atoms with Crippen LogP contribution in [-0.2, 0) is 16.1 Å². The van der Waals surface area contributed by atoms with E-state index in [4.69, 9.17) is 9.47 Å². The summed E-state index contributed by atoms with van der Waals surface area (Å²) in [7, 11) is 1.76. The molecule has 0 saturated carbocycles. The fraction of sp³-hybridized carbons (Fsp3) is 0.333. The molecule has 1 aliphatic rings. The van der Waals surface area contributed by atoms with Crippen LogP contribution in [0.5, 0.6) is 11.5 Å². The molecule has 1 N–H and O–H groups in total. The van der Waals surface area contributed by atoms with E-state index in [1.54, 1.807) is 11.9 Å². The number of hydrogen-bond acceptors (Lipinski definition) is 4. The zero-order chi connectivity index (χ0) is 19.4. The Morgan fingerprint density at radius 3 is 2.52 bits per heavy atom. The predicted molar refractivity (Wildman–Crippen MR) is 101 cm³/mol. The number of carbonyl (C=O) groups excluding carboxylic acids is 2. The lowest BCUT2D eigenvalue weighted by molar-refractivity contribution is -0.131. The lowest BCUT2D eigenvalue weighted by atomic mass is 10.0. The quantitative estimate of drug-likeness (QED) is 0.851. The van der Waals surface area contributed by atoms with Crippen molar-refractivity contribution in [1.82, 2.24) is 10.2 Å². The number of hydrogen-bond donors (Lipinski definition) is 1. The van der Waals surface area contributed by atoms with Gasteiger partial charge in [-0.2, -0.15) is 0 Å². The minimum atomic E-state index is -0.352. The first-order chi connectivity index (χ1) is 12.9. The molecule has 0 bridgehead atoms. The Hall–Kier alpha value is -3.02. The van der Waals surface area contributed by atoms with Gasteiger partial charge in [-0.25, -0.2) is 0 Å². The molecule has 27 heavy (non-hydrogen) atoms. The molecule has 1 heterocycles. The van der Waals surface area contributed by atoms with Crippen LogP contribution in [0.15, 0.2) is 42.5 Å². The van der Waals surface area contributed by atoms with E-state index in [0.29, 0.717) is 12.3 Å². The molecule has 0 radical (unpaired) electrons. The molecule has 142 valence electrons. The van der Waals surface area contributed by atoms with Crippen molar-refractivity contribution in [3.8, 4) is 11.5 Å². The number of ether oxygens (including phenoxy) is 2. The van der Waals surface area contributed by atoms with Crippen molar-refractivity contribution in [3.63, 3.8) is 0 Å². The van der Waals surface area contributed by atoms with Crippen LogP contribution in [0.1, 0.15) is 36.1 Å². The van der Waals surface area contributed by atoms with Crippen LogP contribution in [0.4, 0.5) is 0 Å². The van der Waals surface area contributed by atoms with Gasteiger partial charge in [-0.15, -0.1) is 0 Å². The summed E-state index contributed by atoms with van der Waals surface area (Å²) >= 11 is 0. The molecular weight excluding hydrogens is 344 g/mol. The third-order valence-corrected chi connectivity index (χ3v) is 4.52. The zero-order valence-electron chi connectivity index (χ0n) is 15.8. The zero-order valence-corrected chi connectivity index (χ0v) is 15.8. The minimum Gasteiger partial charge on any atom is -0.454 e. The second-order valence-electron chi connectivity index (χ2n) is 6.81. The fourth-order valence-corrected chi connectivity index (χ4v) is 3.03. The molecule has 3 rings (SSSR count). The Kier molecular flexibility index (Phi) is 5.64. The molecule has 0 saturated heterocycles. The van der Waals surface area contributed by atoms with Gasteiger partial charge in [-0.05, 0) is 30.2 Å². The Labute approximate surface area is 159 Å². The second kappa shape index (κ2) is 8.12. The van der Waals surface area contributed by atoms with E-state index in [9.17, 15) is 9.59 Å². The first kappa shape index (κ1) is 18.8. The maximum absolute atomic E-state index is 12.7. The van der Waals surface area contributed by atoms with Crippen LogP contribution in [0.25, 0.3) is 0 Å². The van der Waals surface area contributed by atoms with Crippen molar-refractivity contribution in [2.45, 2.75) is 32.9 Å². The van der Waals surface area contributed by atoms with Gasteiger partial charge in [0.1, 0.15) is 0 Å². The molecule has 6 nitrogen and oxygen atoms in total. The van der Waals surface area contributed by atoms with Crippen molar-refractivity contribution in [2.75, 3.05) is 13.8 Å². The van der Waals surface area contributed by atoms with Gasteiger partial charge in [0.25, 0.3) is 0 Å². The normalized spacial score (nSPS) is 13.1. The number of benzene rings is 2. The number of rotatable bonds is 6. The second-order valence-corrected chi connectivity index (χ2v) is 6.81. The van der Waals surface area contributed by atoms with E-state index in [2.05, 4.69) is 5.32 Å². The Balaban J connectivity index is 1.67. The number of nitrogens with zero attached hydrogens (tertiary/aromatic N) is 1. The van der Waals surface area contributed by atoms with Crippen LogP contribution < -0.4 is 14.8 Å². The summed E-state index contributed by atoms with van der Waals surface area (Å²) in [5.41, 5.74) is 3.01. The van der Waals surface area contributed by atoms with E-state index in [-0.39, 0.29) is 31.1 Å². The molecule has 1 aliphatic heterocycles. The van der Waals surface area contributed by atoms with Crippen molar-refractivity contribution in [2.24, 2.45) is 0 Å². The minimum absolute atomic E-state index is 0.0491. The summed E-state index contributed by atoms with van der Waals surface area (Å²) in [6, 6.07) is 13.1. The maximum Gasteiger partial charge on any atom is 0.231 e. The van der Waals surface area contributed by atoms with Crippen molar-refractivity contribution in [1.29, 1.82) is 0 Å². The maximum atomic E-state index is 12.7. The first-order valence-electron chi connectivity index (χ1n) is 8.88. The summed E-state index contributed by atoms with van der Waals surface area (Å²) in [6.45, 7) is 4.14. The molecule has 1 atom stereocenters. The summed E-state index contributed by atoms with van der Waals surface area (Å²) < 4.78 is 10.7. The molecule has 0 aliphatic carbocycles.